The molecule has 4 nitrogen and oxygen atoms in total. The van der Waals surface area contributed by atoms with E-state index in [1.807, 2.05) is 0 Å². The maximum absolute atomic E-state index is 12.8. The van der Waals surface area contributed by atoms with Crippen molar-refractivity contribution in [3.63, 3.8) is 0 Å². The summed E-state index contributed by atoms with van der Waals surface area (Å²) >= 11 is 0. The summed E-state index contributed by atoms with van der Waals surface area (Å²) in [7, 11) is 3.57. The summed E-state index contributed by atoms with van der Waals surface area (Å²) < 4.78 is 18.3. The van der Waals surface area contributed by atoms with E-state index < -0.39 is 0 Å². The van der Waals surface area contributed by atoms with E-state index in [0.717, 1.165) is 19.4 Å². The lowest BCUT2D eigenvalue weighted by Gasteiger charge is -2.25. The smallest absolute Gasteiger partial charge is 0.239 e. The first-order valence-corrected chi connectivity index (χ1v) is 6.91. The maximum atomic E-state index is 12.8. The normalized spacial score (nSPS) is 19.1. The van der Waals surface area contributed by atoms with Crippen LogP contribution in [-0.4, -0.2) is 55.5 Å². The van der Waals surface area contributed by atoms with Crippen molar-refractivity contribution in [1.29, 1.82) is 0 Å². The first-order valence-electron chi connectivity index (χ1n) is 6.91. The Bertz CT molecular complexity index is 448. The van der Waals surface area contributed by atoms with E-state index in [1.165, 1.54) is 12.1 Å². The highest BCUT2D eigenvalue weighted by Crippen LogP contribution is 2.18. The molecule has 1 atom stereocenters. The predicted octanol–water partition coefficient (Wildman–Crippen LogP) is 1.76. The van der Waals surface area contributed by atoms with Gasteiger partial charge in [0.2, 0.25) is 5.91 Å². The topological polar surface area (TPSA) is 32.8 Å². The van der Waals surface area contributed by atoms with E-state index >= 15 is 0 Å². The fourth-order valence-corrected chi connectivity index (χ4v) is 2.48. The largest absolute Gasteiger partial charge is 0.492 e. The monoisotopic (exact) mass is 280 g/mol. The molecular weight excluding hydrogens is 259 g/mol. The standard InChI is InChI=1S/C15H21FN2O2/c1-17(2)15(19)14-4-3-9-18(14)10-11-20-13-7-5-12(16)6-8-13/h5-8,14H,3-4,9-11H2,1-2H3. The Labute approximate surface area is 119 Å². The molecule has 2 rings (SSSR count). The molecular formula is C15H21FN2O2. The third-order valence-corrected chi connectivity index (χ3v) is 3.55. The van der Waals surface area contributed by atoms with Gasteiger partial charge in [-0.3, -0.25) is 9.69 Å². The fraction of sp³-hybridized carbons (Fsp3) is 0.533. The molecule has 1 aromatic carbocycles. The van der Waals surface area contributed by atoms with Crippen molar-refractivity contribution in [2.24, 2.45) is 0 Å². The average Bonchev–Trinajstić information content (AvgIpc) is 2.88. The molecule has 0 N–H and O–H groups in total. The number of carbonyl (C=O) groups excluding carboxylic acids is 1. The van der Waals surface area contributed by atoms with Crippen LogP contribution in [0.25, 0.3) is 0 Å². The zero-order valence-electron chi connectivity index (χ0n) is 12.0. The Hall–Kier alpha value is -1.62. The second-order valence-corrected chi connectivity index (χ2v) is 5.23. The van der Waals surface area contributed by atoms with Crippen molar-refractivity contribution in [1.82, 2.24) is 9.80 Å². The minimum absolute atomic E-state index is 0.0261. The molecule has 20 heavy (non-hydrogen) atoms. The Kier molecular flexibility index (Phi) is 4.95. The third kappa shape index (κ3) is 3.70. The molecule has 1 unspecified atom stereocenters. The van der Waals surface area contributed by atoms with Gasteiger partial charge in [-0.05, 0) is 43.7 Å². The van der Waals surface area contributed by atoms with Gasteiger partial charge in [0, 0.05) is 20.6 Å². The van der Waals surface area contributed by atoms with E-state index in [9.17, 15) is 9.18 Å². The number of hydrogen-bond donors (Lipinski definition) is 0. The van der Waals surface area contributed by atoms with E-state index in [2.05, 4.69) is 4.90 Å². The van der Waals surface area contributed by atoms with Crippen LogP contribution in [0.5, 0.6) is 5.75 Å². The number of likely N-dealkylation sites (tertiary alicyclic amines) is 1. The number of amides is 1. The number of rotatable bonds is 5. The number of benzene rings is 1. The molecule has 110 valence electrons. The molecule has 1 saturated heterocycles. The zero-order valence-corrected chi connectivity index (χ0v) is 12.0. The highest BCUT2D eigenvalue weighted by molar-refractivity contribution is 5.81. The molecule has 0 radical (unpaired) electrons. The lowest BCUT2D eigenvalue weighted by molar-refractivity contribution is -0.133. The second-order valence-electron chi connectivity index (χ2n) is 5.23. The molecule has 1 aromatic rings. The van der Waals surface area contributed by atoms with Crippen LogP contribution in [-0.2, 0) is 4.79 Å². The van der Waals surface area contributed by atoms with Crippen LogP contribution in [0.15, 0.2) is 24.3 Å². The average molecular weight is 280 g/mol. The number of nitrogens with zero attached hydrogens (tertiary/aromatic N) is 2. The third-order valence-electron chi connectivity index (χ3n) is 3.55. The summed E-state index contributed by atoms with van der Waals surface area (Å²) in [6, 6.07) is 5.96. The summed E-state index contributed by atoms with van der Waals surface area (Å²) in [6.45, 7) is 2.14. The highest BCUT2D eigenvalue weighted by atomic mass is 19.1. The lowest BCUT2D eigenvalue weighted by atomic mass is 10.2. The maximum Gasteiger partial charge on any atom is 0.239 e. The second kappa shape index (κ2) is 6.70. The summed E-state index contributed by atoms with van der Waals surface area (Å²) in [5.41, 5.74) is 0. The van der Waals surface area contributed by atoms with Gasteiger partial charge in [-0.15, -0.1) is 0 Å². The number of halogens is 1. The minimum Gasteiger partial charge on any atom is -0.492 e. The molecule has 0 spiro atoms. The van der Waals surface area contributed by atoms with Gasteiger partial charge in [0.05, 0.1) is 6.04 Å². The van der Waals surface area contributed by atoms with E-state index in [4.69, 9.17) is 4.74 Å². The molecule has 1 aliphatic heterocycles. The summed E-state index contributed by atoms with van der Waals surface area (Å²) in [4.78, 5) is 15.8. The van der Waals surface area contributed by atoms with Gasteiger partial charge in [-0.25, -0.2) is 4.39 Å². The lowest BCUT2D eigenvalue weighted by Crippen LogP contribution is -2.44. The number of hydrogen-bond acceptors (Lipinski definition) is 3. The quantitative estimate of drug-likeness (QED) is 0.824. The van der Waals surface area contributed by atoms with Crippen molar-refractivity contribution in [2.75, 3.05) is 33.8 Å². The van der Waals surface area contributed by atoms with Crippen molar-refractivity contribution >= 4 is 5.91 Å². The summed E-state index contributed by atoms with van der Waals surface area (Å²) in [5, 5.41) is 0. The van der Waals surface area contributed by atoms with Gasteiger partial charge < -0.3 is 9.64 Å². The molecule has 1 amide bonds. The van der Waals surface area contributed by atoms with Crippen molar-refractivity contribution < 1.29 is 13.9 Å². The molecule has 0 bridgehead atoms. The predicted molar refractivity (Wildman–Crippen MR) is 75.2 cm³/mol. The minimum atomic E-state index is -0.270. The molecule has 0 aliphatic carbocycles. The van der Waals surface area contributed by atoms with E-state index in [1.54, 1.807) is 31.1 Å². The Morgan fingerprint density at radius 3 is 2.75 bits per heavy atom. The van der Waals surface area contributed by atoms with Gasteiger partial charge in [0.15, 0.2) is 0 Å². The van der Waals surface area contributed by atoms with Crippen molar-refractivity contribution in [2.45, 2.75) is 18.9 Å². The molecule has 1 fully saturated rings. The van der Waals surface area contributed by atoms with Crippen molar-refractivity contribution in [3.8, 4) is 5.75 Å². The number of ether oxygens (including phenoxy) is 1. The molecule has 5 heteroatoms. The summed E-state index contributed by atoms with van der Waals surface area (Å²) in [5.74, 6) is 0.541. The Morgan fingerprint density at radius 2 is 2.10 bits per heavy atom. The van der Waals surface area contributed by atoms with Crippen LogP contribution in [0.2, 0.25) is 0 Å². The van der Waals surface area contributed by atoms with Gasteiger partial charge in [-0.2, -0.15) is 0 Å². The van der Waals surface area contributed by atoms with Crippen molar-refractivity contribution in [3.05, 3.63) is 30.1 Å². The molecule has 0 saturated carbocycles. The molecule has 0 aromatic heterocycles. The van der Waals surface area contributed by atoms with E-state index in [0.29, 0.717) is 18.9 Å². The van der Waals surface area contributed by atoms with Gasteiger partial charge in [0.1, 0.15) is 18.2 Å². The van der Waals surface area contributed by atoms with Crippen LogP contribution in [0, 0.1) is 5.82 Å². The Balaban J connectivity index is 1.81. The Morgan fingerprint density at radius 1 is 1.40 bits per heavy atom. The van der Waals surface area contributed by atoms with Gasteiger partial charge in [0.25, 0.3) is 0 Å². The van der Waals surface area contributed by atoms with Crippen LogP contribution in [0.4, 0.5) is 4.39 Å². The fourth-order valence-electron chi connectivity index (χ4n) is 2.48. The van der Waals surface area contributed by atoms with Crippen LogP contribution in [0.3, 0.4) is 0 Å². The molecule has 1 heterocycles. The van der Waals surface area contributed by atoms with Gasteiger partial charge >= 0.3 is 0 Å². The van der Waals surface area contributed by atoms with Crippen LogP contribution in [0.1, 0.15) is 12.8 Å². The number of likely N-dealkylation sites (N-methyl/N-ethyl adjacent to an activating group) is 1. The first-order chi connectivity index (χ1) is 9.58. The SMILES string of the molecule is CN(C)C(=O)C1CCCN1CCOc1ccc(F)cc1. The first kappa shape index (κ1) is 14.8. The molecule has 1 aliphatic rings. The van der Waals surface area contributed by atoms with Crippen LogP contribution < -0.4 is 4.74 Å². The van der Waals surface area contributed by atoms with Gasteiger partial charge in [-0.1, -0.05) is 0 Å². The highest BCUT2D eigenvalue weighted by Gasteiger charge is 2.31. The number of carbonyl (C=O) groups is 1. The summed E-state index contributed by atoms with van der Waals surface area (Å²) in [6.07, 6.45) is 1.95. The zero-order chi connectivity index (χ0) is 14.5. The van der Waals surface area contributed by atoms with Crippen LogP contribution >= 0.6 is 0 Å². The van der Waals surface area contributed by atoms with E-state index in [-0.39, 0.29) is 17.8 Å².